The predicted octanol–water partition coefficient (Wildman–Crippen LogP) is 3.61. The zero-order chi connectivity index (χ0) is 22.3. The number of benzene rings is 3. The molecule has 2 N–H and O–H groups in total. The van der Waals surface area contributed by atoms with Crippen LogP contribution in [0.15, 0.2) is 77.7 Å². The van der Waals surface area contributed by atoms with E-state index in [9.17, 15) is 13.2 Å². The molecule has 162 valence electrons. The number of methoxy groups -OCH3 is 1. The molecule has 0 atom stereocenters. The molecule has 0 fully saturated rings. The number of aryl methyl sites for hydroxylation is 1. The fraction of sp³-hybridized carbons (Fsp3) is 0.174. The van der Waals surface area contributed by atoms with Gasteiger partial charge in [0.05, 0.1) is 18.6 Å². The van der Waals surface area contributed by atoms with Gasteiger partial charge in [-0.1, -0.05) is 29.8 Å². The lowest BCUT2D eigenvalue weighted by Gasteiger charge is -2.11. The zero-order valence-electron chi connectivity index (χ0n) is 17.3. The smallest absolute Gasteiger partial charge is 0.261 e. The van der Waals surface area contributed by atoms with Crippen molar-refractivity contribution in [1.29, 1.82) is 0 Å². The molecule has 0 aliphatic carbocycles. The van der Waals surface area contributed by atoms with Gasteiger partial charge in [-0.15, -0.1) is 0 Å². The van der Waals surface area contributed by atoms with E-state index in [1.807, 2.05) is 19.1 Å². The summed E-state index contributed by atoms with van der Waals surface area (Å²) in [5.41, 5.74) is 1.61. The number of ether oxygens (including phenoxy) is 2. The Hall–Kier alpha value is -3.52. The summed E-state index contributed by atoms with van der Waals surface area (Å²) in [5.74, 6) is 0.998. The maximum atomic E-state index is 12.5. The van der Waals surface area contributed by atoms with Gasteiger partial charge < -0.3 is 14.8 Å². The topological polar surface area (TPSA) is 93.7 Å². The van der Waals surface area contributed by atoms with Gasteiger partial charge in [0.25, 0.3) is 15.9 Å². The third-order valence-electron chi connectivity index (χ3n) is 4.41. The second kappa shape index (κ2) is 9.99. The summed E-state index contributed by atoms with van der Waals surface area (Å²) >= 11 is 0. The van der Waals surface area contributed by atoms with E-state index in [-0.39, 0.29) is 24.0 Å². The first-order chi connectivity index (χ1) is 14.9. The van der Waals surface area contributed by atoms with Crippen molar-refractivity contribution < 1.29 is 22.7 Å². The van der Waals surface area contributed by atoms with Crippen LogP contribution < -0.4 is 19.5 Å². The third kappa shape index (κ3) is 6.23. The molecule has 0 saturated heterocycles. The van der Waals surface area contributed by atoms with Crippen molar-refractivity contribution in [3.63, 3.8) is 0 Å². The minimum Gasteiger partial charge on any atom is -0.497 e. The number of anilines is 1. The van der Waals surface area contributed by atoms with Crippen LogP contribution in [0.25, 0.3) is 0 Å². The molecule has 0 unspecified atom stereocenters. The highest BCUT2D eigenvalue weighted by Crippen LogP contribution is 2.19. The zero-order valence-corrected chi connectivity index (χ0v) is 18.1. The molecule has 0 aromatic heterocycles. The van der Waals surface area contributed by atoms with Crippen molar-refractivity contribution in [2.75, 3.05) is 25.0 Å². The minimum absolute atomic E-state index is 0.155. The monoisotopic (exact) mass is 440 g/mol. The van der Waals surface area contributed by atoms with Gasteiger partial charge in [0.2, 0.25) is 0 Å². The molecule has 0 spiro atoms. The van der Waals surface area contributed by atoms with Crippen LogP contribution in [-0.2, 0) is 10.0 Å². The maximum absolute atomic E-state index is 12.5. The number of hydrogen-bond donors (Lipinski definition) is 2. The normalized spacial score (nSPS) is 10.9. The molecular weight excluding hydrogens is 416 g/mol. The molecule has 0 bridgehead atoms. The number of carbonyl (C=O) groups excluding carboxylic acids is 1. The summed E-state index contributed by atoms with van der Waals surface area (Å²) in [4.78, 5) is 12.6. The average Bonchev–Trinajstić information content (AvgIpc) is 2.77. The largest absolute Gasteiger partial charge is 0.497 e. The van der Waals surface area contributed by atoms with Crippen LogP contribution in [-0.4, -0.2) is 34.6 Å². The molecule has 8 heteroatoms. The van der Waals surface area contributed by atoms with Crippen molar-refractivity contribution in [2.45, 2.75) is 11.8 Å². The van der Waals surface area contributed by atoms with Gasteiger partial charge in [-0.2, -0.15) is 0 Å². The van der Waals surface area contributed by atoms with Crippen LogP contribution in [0.5, 0.6) is 11.5 Å². The van der Waals surface area contributed by atoms with Crippen LogP contribution >= 0.6 is 0 Å². The number of hydrogen-bond acceptors (Lipinski definition) is 5. The first-order valence-electron chi connectivity index (χ1n) is 9.62. The Labute approximate surface area is 182 Å². The third-order valence-corrected chi connectivity index (χ3v) is 5.80. The molecule has 7 nitrogen and oxygen atoms in total. The molecule has 0 heterocycles. The lowest BCUT2D eigenvalue weighted by atomic mass is 10.2. The van der Waals surface area contributed by atoms with Gasteiger partial charge >= 0.3 is 0 Å². The maximum Gasteiger partial charge on any atom is 0.261 e. The number of rotatable bonds is 9. The Balaban J connectivity index is 1.56. The Bertz CT molecular complexity index is 1140. The second-order valence-corrected chi connectivity index (χ2v) is 8.47. The standard InChI is InChI=1S/C23H24N2O5S/c1-17-9-11-22(12-10-17)31(27,28)25-19-6-3-5-18(15-19)23(26)24-13-14-30-21-8-4-7-20(16-21)29-2/h3-12,15-16,25H,13-14H2,1-2H3,(H,24,26). The summed E-state index contributed by atoms with van der Waals surface area (Å²) in [7, 11) is -2.16. The molecular formula is C23H24N2O5S. The quantitative estimate of drug-likeness (QED) is 0.496. The highest BCUT2D eigenvalue weighted by molar-refractivity contribution is 7.92. The molecule has 0 saturated carbocycles. The summed E-state index contributed by atoms with van der Waals surface area (Å²) < 4.78 is 38.3. The van der Waals surface area contributed by atoms with Crippen LogP contribution in [0.3, 0.4) is 0 Å². The highest BCUT2D eigenvalue weighted by Gasteiger charge is 2.15. The molecule has 1 amide bonds. The van der Waals surface area contributed by atoms with Crippen LogP contribution in [0, 0.1) is 6.92 Å². The first kappa shape index (κ1) is 22.2. The molecule has 0 aliphatic rings. The lowest BCUT2D eigenvalue weighted by Crippen LogP contribution is -2.28. The number of carbonyl (C=O) groups is 1. The Morgan fingerprint density at radius 2 is 1.65 bits per heavy atom. The first-order valence-corrected chi connectivity index (χ1v) is 11.1. The van der Waals surface area contributed by atoms with E-state index in [4.69, 9.17) is 9.47 Å². The highest BCUT2D eigenvalue weighted by atomic mass is 32.2. The van der Waals surface area contributed by atoms with Gasteiger partial charge in [0, 0.05) is 17.3 Å². The van der Waals surface area contributed by atoms with Gasteiger partial charge in [-0.3, -0.25) is 9.52 Å². The number of nitrogens with one attached hydrogen (secondary N) is 2. The lowest BCUT2D eigenvalue weighted by molar-refractivity contribution is 0.0947. The van der Waals surface area contributed by atoms with Crippen LogP contribution in [0.2, 0.25) is 0 Å². The Morgan fingerprint density at radius 3 is 2.39 bits per heavy atom. The number of amides is 1. The van der Waals surface area contributed by atoms with E-state index < -0.39 is 10.0 Å². The molecule has 31 heavy (non-hydrogen) atoms. The van der Waals surface area contributed by atoms with Gasteiger partial charge in [-0.05, 0) is 49.4 Å². The number of sulfonamides is 1. The van der Waals surface area contributed by atoms with E-state index in [0.29, 0.717) is 22.7 Å². The second-order valence-electron chi connectivity index (χ2n) is 6.78. The van der Waals surface area contributed by atoms with Crippen molar-refractivity contribution in [2.24, 2.45) is 0 Å². The SMILES string of the molecule is COc1cccc(OCCNC(=O)c2cccc(NS(=O)(=O)c3ccc(C)cc3)c2)c1. The van der Waals surface area contributed by atoms with Crippen LogP contribution in [0.4, 0.5) is 5.69 Å². The summed E-state index contributed by atoms with van der Waals surface area (Å²) in [5, 5.41) is 2.75. The molecule has 3 aromatic carbocycles. The van der Waals surface area contributed by atoms with E-state index in [1.54, 1.807) is 49.6 Å². The van der Waals surface area contributed by atoms with Crippen LogP contribution in [0.1, 0.15) is 15.9 Å². The van der Waals surface area contributed by atoms with Crippen molar-refractivity contribution in [1.82, 2.24) is 5.32 Å². The van der Waals surface area contributed by atoms with E-state index in [1.165, 1.54) is 18.2 Å². The molecule has 3 rings (SSSR count). The van der Waals surface area contributed by atoms with E-state index in [2.05, 4.69) is 10.0 Å². The van der Waals surface area contributed by atoms with Gasteiger partial charge in [0.15, 0.2) is 0 Å². The predicted molar refractivity (Wildman–Crippen MR) is 119 cm³/mol. The fourth-order valence-electron chi connectivity index (χ4n) is 2.78. The fourth-order valence-corrected chi connectivity index (χ4v) is 3.83. The van der Waals surface area contributed by atoms with Gasteiger partial charge in [0.1, 0.15) is 18.1 Å². The van der Waals surface area contributed by atoms with E-state index >= 15 is 0 Å². The summed E-state index contributed by atoms with van der Waals surface area (Å²) in [6.07, 6.45) is 0. The average molecular weight is 441 g/mol. The molecule has 0 radical (unpaired) electrons. The molecule has 3 aromatic rings. The Kier molecular flexibility index (Phi) is 7.15. The van der Waals surface area contributed by atoms with Crippen molar-refractivity contribution >= 4 is 21.6 Å². The van der Waals surface area contributed by atoms with Crippen molar-refractivity contribution in [3.05, 3.63) is 83.9 Å². The Morgan fingerprint density at radius 1 is 0.935 bits per heavy atom. The van der Waals surface area contributed by atoms with E-state index in [0.717, 1.165) is 5.56 Å². The summed E-state index contributed by atoms with van der Waals surface area (Å²) in [6, 6.07) is 20.0. The molecule has 0 aliphatic heterocycles. The van der Waals surface area contributed by atoms with Gasteiger partial charge in [-0.25, -0.2) is 8.42 Å². The van der Waals surface area contributed by atoms with Crippen molar-refractivity contribution in [3.8, 4) is 11.5 Å². The summed E-state index contributed by atoms with van der Waals surface area (Å²) in [6.45, 7) is 2.45. The minimum atomic E-state index is -3.74.